The lowest BCUT2D eigenvalue weighted by Gasteiger charge is -2.24. The van der Waals surface area contributed by atoms with E-state index in [1.54, 1.807) is 0 Å². The van der Waals surface area contributed by atoms with Gasteiger partial charge in [-0.15, -0.1) is 0 Å². The summed E-state index contributed by atoms with van der Waals surface area (Å²) in [5, 5.41) is 18.3. The summed E-state index contributed by atoms with van der Waals surface area (Å²) in [6.45, 7) is -1.11. The van der Waals surface area contributed by atoms with Gasteiger partial charge in [0.15, 0.2) is 6.29 Å². The van der Waals surface area contributed by atoms with E-state index < -0.39 is 40.6 Å². The van der Waals surface area contributed by atoms with Crippen LogP contribution in [-0.4, -0.2) is 61.0 Å². The van der Waals surface area contributed by atoms with Gasteiger partial charge in [-0.3, -0.25) is 9.05 Å². The lowest BCUT2D eigenvalue weighted by atomic mass is 10.1. The van der Waals surface area contributed by atoms with E-state index in [4.69, 9.17) is 24.7 Å². The van der Waals surface area contributed by atoms with E-state index in [0.717, 1.165) is 0 Å². The van der Waals surface area contributed by atoms with Crippen molar-refractivity contribution in [3.63, 3.8) is 0 Å². The minimum atomic E-state index is -5.14. The summed E-state index contributed by atoms with van der Waals surface area (Å²) < 4.78 is 28.6. The van der Waals surface area contributed by atoms with Gasteiger partial charge in [0.1, 0.15) is 18.3 Å². The number of carbonyl (C=O) groups is 1. The van der Waals surface area contributed by atoms with Crippen LogP contribution in [0.5, 0.6) is 0 Å². The smallest absolute Gasteiger partial charge is 0.388 e. The molecule has 6 N–H and O–H groups in total. The lowest BCUT2D eigenvalue weighted by Crippen LogP contribution is -2.42. The van der Waals surface area contributed by atoms with Crippen molar-refractivity contribution in [2.45, 2.75) is 18.3 Å². The molecule has 11 nitrogen and oxygen atoms in total. The molecule has 0 saturated heterocycles. The summed E-state index contributed by atoms with van der Waals surface area (Å²) in [6, 6.07) is 0. The van der Waals surface area contributed by atoms with Crippen LogP contribution in [0.1, 0.15) is 0 Å². The van der Waals surface area contributed by atoms with Gasteiger partial charge in [-0.25, -0.2) is 9.13 Å². The average molecular weight is 310 g/mol. The van der Waals surface area contributed by atoms with Crippen LogP contribution < -0.4 is 0 Å². The molecule has 0 spiro atoms. The van der Waals surface area contributed by atoms with Crippen LogP contribution in [0.3, 0.4) is 0 Å². The van der Waals surface area contributed by atoms with Crippen molar-refractivity contribution in [2.75, 3.05) is 6.61 Å². The van der Waals surface area contributed by atoms with E-state index in [1.807, 2.05) is 0 Å². The Hall–Kier alpha value is -0.190. The zero-order chi connectivity index (χ0) is 14.6. The Labute approximate surface area is 100 Å². The maximum atomic E-state index is 10.5. The SMILES string of the molecule is O=C[C@@H](O)[C@H](OP(=O)(O)O)[C@H](O)COP(=O)(O)O. The Morgan fingerprint density at radius 3 is 1.89 bits per heavy atom. The third-order valence-electron chi connectivity index (χ3n) is 1.53. The number of rotatable bonds is 8. The highest BCUT2D eigenvalue weighted by Gasteiger charge is 2.35. The van der Waals surface area contributed by atoms with Crippen molar-refractivity contribution in [1.82, 2.24) is 0 Å². The van der Waals surface area contributed by atoms with E-state index in [9.17, 15) is 19.0 Å². The van der Waals surface area contributed by atoms with E-state index in [2.05, 4.69) is 9.05 Å². The van der Waals surface area contributed by atoms with Gasteiger partial charge in [0.05, 0.1) is 6.61 Å². The van der Waals surface area contributed by atoms with Crippen molar-refractivity contribution < 1.29 is 52.8 Å². The first kappa shape index (κ1) is 17.8. The van der Waals surface area contributed by atoms with Crippen molar-refractivity contribution in [2.24, 2.45) is 0 Å². The first-order chi connectivity index (χ1) is 7.96. The van der Waals surface area contributed by atoms with Gasteiger partial charge in [-0.2, -0.15) is 0 Å². The van der Waals surface area contributed by atoms with E-state index in [1.165, 1.54) is 0 Å². The molecule has 0 aliphatic heterocycles. The van der Waals surface area contributed by atoms with E-state index in [-0.39, 0.29) is 6.29 Å². The molecule has 18 heavy (non-hydrogen) atoms. The van der Waals surface area contributed by atoms with Crippen LogP contribution >= 0.6 is 15.6 Å². The van der Waals surface area contributed by atoms with Crippen molar-refractivity contribution in [3.8, 4) is 0 Å². The zero-order valence-electron chi connectivity index (χ0n) is 8.64. The molecule has 0 saturated carbocycles. The summed E-state index contributed by atoms with van der Waals surface area (Å²) >= 11 is 0. The van der Waals surface area contributed by atoms with Crippen molar-refractivity contribution in [3.05, 3.63) is 0 Å². The lowest BCUT2D eigenvalue weighted by molar-refractivity contribution is -0.126. The van der Waals surface area contributed by atoms with Gasteiger partial charge in [0.25, 0.3) is 0 Å². The fraction of sp³-hybridized carbons (Fsp3) is 0.800. The number of phosphoric acid groups is 2. The average Bonchev–Trinajstić information content (AvgIpc) is 2.19. The summed E-state index contributed by atoms with van der Waals surface area (Å²) in [5.41, 5.74) is 0. The normalized spacial score (nSPS) is 18.1. The summed E-state index contributed by atoms with van der Waals surface area (Å²) in [6.07, 6.45) is -6.45. The molecule has 0 unspecified atom stereocenters. The van der Waals surface area contributed by atoms with E-state index >= 15 is 0 Å². The number of aliphatic hydroxyl groups is 2. The van der Waals surface area contributed by atoms with Crippen LogP contribution in [0, 0.1) is 0 Å². The Kier molecular flexibility index (Phi) is 6.75. The molecule has 0 aromatic rings. The summed E-state index contributed by atoms with van der Waals surface area (Å²) in [4.78, 5) is 43.8. The molecule has 13 heteroatoms. The number of phosphoric ester groups is 2. The first-order valence-electron chi connectivity index (χ1n) is 4.22. The molecule has 0 heterocycles. The largest absolute Gasteiger partial charge is 0.470 e. The maximum Gasteiger partial charge on any atom is 0.470 e. The Morgan fingerprint density at radius 1 is 1.06 bits per heavy atom. The minimum Gasteiger partial charge on any atom is -0.388 e. The number of aliphatic hydroxyl groups excluding tert-OH is 2. The van der Waals surface area contributed by atoms with Crippen LogP contribution in [0.2, 0.25) is 0 Å². The maximum absolute atomic E-state index is 10.5. The molecule has 0 radical (unpaired) electrons. The Balaban J connectivity index is 4.70. The Morgan fingerprint density at radius 2 is 1.56 bits per heavy atom. The van der Waals surface area contributed by atoms with Crippen LogP contribution in [0.15, 0.2) is 0 Å². The fourth-order valence-corrected chi connectivity index (χ4v) is 1.79. The van der Waals surface area contributed by atoms with Crippen molar-refractivity contribution >= 4 is 21.9 Å². The quantitative estimate of drug-likeness (QED) is 0.205. The molecular weight excluding hydrogens is 298 g/mol. The zero-order valence-corrected chi connectivity index (χ0v) is 10.4. The van der Waals surface area contributed by atoms with Gasteiger partial charge in [0, 0.05) is 0 Å². The second-order valence-electron chi connectivity index (χ2n) is 3.04. The second kappa shape index (κ2) is 6.83. The number of hydrogen-bond acceptors (Lipinski definition) is 7. The van der Waals surface area contributed by atoms with Crippen LogP contribution in [0.4, 0.5) is 0 Å². The van der Waals surface area contributed by atoms with Gasteiger partial charge < -0.3 is 34.6 Å². The third-order valence-corrected chi connectivity index (χ3v) is 2.53. The molecule has 0 aliphatic rings. The number of aldehydes is 1. The highest BCUT2D eigenvalue weighted by Crippen LogP contribution is 2.40. The molecule has 3 atom stereocenters. The molecule has 0 amide bonds. The molecule has 0 fully saturated rings. The third kappa shape index (κ3) is 8.01. The minimum absolute atomic E-state index is 0.180. The summed E-state index contributed by atoms with van der Waals surface area (Å²) in [7, 11) is -10.1. The fourth-order valence-electron chi connectivity index (χ4n) is 0.865. The van der Waals surface area contributed by atoms with Crippen LogP contribution in [0.25, 0.3) is 0 Å². The molecule has 0 rings (SSSR count). The number of hydrogen-bond donors (Lipinski definition) is 6. The predicted octanol–water partition coefficient (Wildman–Crippen LogP) is -2.51. The molecule has 0 bridgehead atoms. The van der Waals surface area contributed by atoms with Crippen molar-refractivity contribution in [1.29, 1.82) is 0 Å². The summed E-state index contributed by atoms with van der Waals surface area (Å²) in [5.74, 6) is 0. The van der Waals surface area contributed by atoms with Gasteiger partial charge in [-0.05, 0) is 0 Å². The highest BCUT2D eigenvalue weighted by atomic mass is 31.2. The van der Waals surface area contributed by atoms with Crippen LogP contribution in [-0.2, 0) is 23.0 Å². The number of carbonyl (C=O) groups excluding carboxylic acids is 1. The Bertz CT molecular complexity index is 356. The highest BCUT2D eigenvalue weighted by molar-refractivity contribution is 7.46. The second-order valence-corrected chi connectivity index (χ2v) is 5.47. The molecule has 0 aromatic carbocycles. The molecule has 0 aromatic heterocycles. The molecular formula is C5H12O11P2. The predicted molar refractivity (Wildman–Crippen MR) is 53.0 cm³/mol. The van der Waals surface area contributed by atoms with Gasteiger partial charge in [0.2, 0.25) is 0 Å². The van der Waals surface area contributed by atoms with E-state index in [0.29, 0.717) is 0 Å². The standard InChI is InChI=1S/C5H12O11P2/c6-1-3(7)5(16-18(12,13)14)4(8)2-15-17(9,10)11/h1,3-5,7-8H,2H2,(H2,9,10,11)(H2,12,13,14)/t3-,4-,5+/m1/s1. The molecule has 0 aliphatic carbocycles. The monoisotopic (exact) mass is 310 g/mol. The topological polar surface area (TPSA) is 191 Å². The van der Waals surface area contributed by atoms with Gasteiger partial charge in [-0.1, -0.05) is 0 Å². The van der Waals surface area contributed by atoms with Gasteiger partial charge >= 0.3 is 15.6 Å². The molecule has 108 valence electrons. The first-order valence-corrected chi connectivity index (χ1v) is 7.28.